The van der Waals surface area contributed by atoms with Gasteiger partial charge >= 0.3 is 0 Å². The average Bonchev–Trinajstić information content (AvgIpc) is 3.50. The van der Waals surface area contributed by atoms with E-state index in [1.807, 2.05) is 6.07 Å². The van der Waals surface area contributed by atoms with E-state index >= 15 is 0 Å². The molecule has 1 fully saturated rings. The van der Waals surface area contributed by atoms with Gasteiger partial charge in [0, 0.05) is 28.0 Å². The number of sulfonamides is 1. The van der Waals surface area contributed by atoms with E-state index in [4.69, 9.17) is 23.2 Å². The van der Waals surface area contributed by atoms with Crippen molar-refractivity contribution in [2.45, 2.75) is 31.6 Å². The van der Waals surface area contributed by atoms with Crippen molar-refractivity contribution in [1.82, 2.24) is 19.3 Å². The Morgan fingerprint density at radius 2 is 2.03 bits per heavy atom. The minimum absolute atomic E-state index is 0.147. The highest BCUT2D eigenvalue weighted by Crippen LogP contribution is 2.29. The molecule has 0 bridgehead atoms. The standard InChI is InChI=1S/C20H18Cl2N4O3S/c1-12-18(20(27)25-30(28,29)16-5-6-16)26(11-14-9-15(21)4-7-17(14)22)19(24-12)13-3-2-8-23-10-13/h2-4,7-10,16H,5-6,11H2,1H3,(H,25,27). The quantitative estimate of drug-likeness (QED) is 0.597. The molecule has 0 saturated heterocycles. The number of amides is 1. The number of aromatic nitrogens is 3. The van der Waals surface area contributed by atoms with Crippen LogP contribution in [0.5, 0.6) is 0 Å². The van der Waals surface area contributed by atoms with Crippen LogP contribution in [-0.2, 0) is 16.6 Å². The Morgan fingerprint density at radius 3 is 2.70 bits per heavy atom. The molecule has 2 heterocycles. The molecular formula is C20H18Cl2N4O3S. The molecule has 0 aliphatic heterocycles. The first kappa shape index (κ1) is 20.8. The van der Waals surface area contributed by atoms with Gasteiger partial charge in [0.05, 0.1) is 17.5 Å². The molecule has 1 aliphatic carbocycles. The number of rotatable bonds is 6. The van der Waals surface area contributed by atoms with Crippen molar-refractivity contribution in [3.8, 4) is 11.4 Å². The molecule has 0 atom stereocenters. The first-order chi connectivity index (χ1) is 14.3. The van der Waals surface area contributed by atoms with Crippen LogP contribution in [0.1, 0.15) is 34.6 Å². The summed E-state index contributed by atoms with van der Waals surface area (Å²) in [5, 5.41) is 0.453. The fraction of sp³-hybridized carbons (Fsp3) is 0.250. The third kappa shape index (κ3) is 4.21. The summed E-state index contributed by atoms with van der Waals surface area (Å²) in [5.74, 6) is -0.245. The van der Waals surface area contributed by atoms with Crippen molar-refractivity contribution < 1.29 is 13.2 Å². The van der Waals surface area contributed by atoms with E-state index in [2.05, 4.69) is 14.7 Å². The minimum Gasteiger partial charge on any atom is -0.315 e. The van der Waals surface area contributed by atoms with Crippen LogP contribution in [0.2, 0.25) is 10.0 Å². The zero-order chi connectivity index (χ0) is 21.5. The largest absolute Gasteiger partial charge is 0.315 e. The Kier molecular flexibility index (Phi) is 5.57. The van der Waals surface area contributed by atoms with E-state index < -0.39 is 21.2 Å². The third-order valence-corrected chi connectivity index (χ3v) is 7.23. The van der Waals surface area contributed by atoms with E-state index in [-0.39, 0.29) is 12.2 Å². The maximum atomic E-state index is 13.0. The van der Waals surface area contributed by atoms with Crippen molar-refractivity contribution in [3.63, 3.8) is 0 Å². The fourth-order valence-electron chi connectivity index (χ4n) is 3.20. The smallest absolute Gasteiger partial charge is 0.283 e. The summed E-state index contributed by atoms with van der Waals surface area (Å²) < 4.78 is 28.5. The van der Waals surface area contributed by atoms with Gasteiger partial charge in [-0.25, -0.2) is 18.1 Å². The first-order valence-corrected chi connectivity index (χ1v) is 11.5. The van der Waals surface area contributed by atoms with Crippen LogP contribution >= 0.6 is 23.2 Å². The first-order valence-electron chi connectivity index (χ1n) is 9.23. The molecule has 30 heavy (non-hydrogen) atoms. The van der Waals surface area contributed by atoms with E-state index in [1.165, 1.54) is 0 Å². The van der Waals surface area contributed by atoms with Gasteiger partial charge in [-0.15, -0.1) is 0 Å². The molecule has 0 unspecified atom stereocenters. The van der Waals surface area contributed by atoms with Crippen LogP contribution in [0.4, 0.5) is 0 Å². The van der Waals surface area contributed by atoms with Crippen LogP contribution < -0.4 is 4.72 Å². The lowest BCUT2D eigenvalue weighted by Gasteiger charge is -2.14. The molecule has 1 amide bonds. The Labute approximate surface area is 184 Å². The van der Waals surface area contributed by atoms with Crippen molar-refractivity contribution in [1.29, 1.82) is 0 Å². The maximum Gasteiger partial charge on any atom is 0.283 e. The molecule has 2 aromatic heterocycles. The number of hydrogen-bond acceptors (Lipinski definition) is 5. The van der Waals surface area contributed by atoms with Gasteiger partial charge in [-0.3, -0.25) is 9.78 Å². The zero-order valence-corrected chi connectivity index (χ0v) is 18.3. The lowest BCUT2D eigenvalue weighted by molar-refractivity contribution is 0.0972. The molecule has 156 valence electrons. The number of hydrogen-bond donors (Lipinski definition) is 1. The second-order valence-corrected chi connectivity index (χ2v) is 9.91. The maximum absolute atomic E-state index is 13.0. The number of carbonyl (C=O) groups is 1. The van der Waals surface area contributed by atoms with E-state index in [1.54, 1.807) is 48.1 Å². The minimum atomic E-state index is -3.71. The molecule has 0 radical (unpaired) electrons. The molecule has 7 nitrogen and oxygen atoms in total. The molecular weight excluding hydrogens is 447 g/mol. The predicted molar refractivity (Wildman–Crippen MR) is 115 cm³/mol. The van der Waals surface area contributed by atoms with Gasteiger partial charge in [-0.2, -0.15) is 0 Å². The summed E-state index contributed by atoms with van der Waals surface area (Å²) in [4.78, 5) is 21.6. The number of aryl methyl sites for hydroxylation is 1. The van der Waals surface area contributed by atoms with Gasteiger partial charge in [0.15, 0.2) is 0 Å². The topological polar surface area (TPSA) is 93.9 Å². The highest BCUT2D eigenvalue weighted by molar-refractivity contribution is 7.91. The van der Waals surface area contributed by atoms with Gasteiger partial charge in [-0.05, 0) is 55.7 Å². The van der Waals surface area contributed by atoms with Gasteiger partial charge in [0.25, 0.3) is 5.91 Å². The van der Waals surface area contributed by atoms with Crippen LogP contribution in [-0.4, -0.2) is 34.1 Å². The van der Waals surface area contributed by atoms with Crippen LogP contribution in [0.3, 0.4) is 0 Å². The van der Waals surface area contributed by atoms with Crippen LogP contribution in [0, 0.1) is 6.92 Å². The van der Waals surface area contributed by atoms with Gasteiger partial charge in [0.1, 0.15) is 11.5 Å². The Balaban J connectivity index is 1.82. The molecule has 0 spiro atoms. The summed E-state index contributed by atoms with van der Waals surface area (Å²) in [6, 6.07) is 8.62. The lowest BCUT2D eigenvalue weighted by Crippen LogP contribution is -2.35. The number of nitrogens with zero attached hydrogens (tertiary/aromatic N) is 3. The molecule has 10 heteroatoms. The number of carbonyl (C=O) groups excluding carboxylic acids is 1. The summed E-state index contributed by atoms with van der Waals surface area (Å²) in [7, 11) is -3.71. The van der Waals surface area contributed by atoms with E-state index in [9.17, 15) is 13.2 Å². The van der Waals surface area contributed by atoms with Gasteiger partial charge in [0.2, 0.25) is 10.0 Å². The number of benzene rings is 1. The Morgan fingerprint density at radius 1 is 1.27 bits per heavy atom. The predicted octanol–water partition coefficient (Wildman–Crippen LogP) is 3.83. The third-order valence-electron chi connectivity index (χ3n) is 4.81. The second kappa shape index (κ2) is 8.02. The van der Waals surface area contributed by atoms with Crippen LogP contribution in [0.15, 0.2) is 42.7 Å². The Hall–Kier alpha value is -2.42. The summed E-state index contributed by atoms with van der Waals surface area (Å²) in [5.41, 5.74) is 1.90. The fourth-order valence-corrected chi connectivity index (χ4v) is 4.85. The highest BCUT2D eigenvalue weighted by atomic mass is 35.5. The molecule has 4 rings (SSSR count). The van der Waals surface area contributed by atoms with Crippen molar-refractivity contribution >= 4 is 39.1 Å². The number of imidazole rings is 1. The summed E-state index contributed by atoms with van der Waals surface area (Å²) in [6.45, 7) is 1.84. The SMILES string of the molecule is Cc1nc(-c2cccnc2)n(Cc2cc(Cl)ccc2Cl)c1C(=O)NS(=O)(=O)C1CC1. The summed E-state index contributed by atoms with van der Waals surface area (Å²) in [6.07, 6.45) is 4.37. The van der Waals surface area contributed by atoms with E-state index in [0.29, 0.717) is 45.5 Å². The van der Waals surface area contributed by atoms with Crippen molar-refractivity contribution in [3.05, 3.63) is 69.7 Å². The Bertz CT molecular complexity index is 1220. The number of pyridine rings is 1. The van der Waals surface area contributed by atoms with Crippen LogP contribution in [0.25, 0.3) is 11.4 Å². The monoisotopic (exact) mass is 464 g/mol. The number of halogens is 2. The zero-order valence-electron chi connectivity index (χ0n) is 16.0. The lowest BCUT2D eigenvalue weighted by atomic mass is 10.2. The van der Waals surface area contributed by atoms with Crippen molar-refractivity contribution in [2.24, 2.45) is 0 Å². The molecule has 1 aliphatic rings. The highest BCUT2D eigenvalue weighted by Gasteiger charge is 2.38. The second-order valence-electron chi connectivity index (χ2n) is 7.11. The molecule has 1 N–H and O–H groups in total. The normalized spacial score (nSPS) is 14.0. The summed E-state index contributed by atoms with van der Waals surface area (Å²) >= 11 is 12.5. The molecule has 1 aromatic carbocycles. The van der Waals surface area contributed by atoms with Gasteiger partial charge in [-0.1, -0.05) is 23.2 Å². The van der Waals surface area contributed by atoms with Gasteiger partial charge < -0.3 is 4.57 Å². The average molecular weight is 465 g/mol. The molecule has 3 aromatic rings. The van der Waals surface area contributed by atoms with Crippen molar-refractivity contribution in [2.75, 3.05) is 0 Å². The number of nitrogens with one attached hydrogen (secondary N) is 1. The molecule has 1 saturated carbocycles. The van der Waals surface area contributed by atoms with E-state index in [0.717, 1.165) is 0 Å².